The average Bonchev–Trinajstić information content (AvgIpc) is 3.45. The Bertz CT molecular complexity index is 1100. The Morgan fingerprint density at radius 1 is 1.19 bits per heavy atom. The number of hydrogen-bond donors (Lipinski definition) is 3. The van der Waals surface area contributed by atoms with Crippen molar-refractivity contribution in [1.29, 1.82) is 0 Å². The molecule has 1 aromatic heterocycles. The lowest BCUT2D eigenvalue weighted by molar-refractivity contribution is -0.110. The molecule has 1 atom stereocenters. The molecule has 31 heavy (non-hydrogen) atoms. The summed E-state index contributed by atoms with van der Waals surface area (Å²) in [5, 5.41) is 3.79. The van der Waals surface area contributed by atoms with Crippen LogP contribution in [0, 0.1) is 6.92 Å². The smallest absolute Gasteiger partial charge is 0.273 e. The number of rotatable bonds is 5. The largest absolute Gasteiger partial charge is 0.342 e. The third kappa shape index (κ3) is 6.20. The minimum Gasteiger partial charge on any atom is -0.342 e. The molecule has 3 aromatic rings. The molecule has 2 aromatic carbocycles. The lowest BCUT2D eigenvalue weighted by Gasteiger charge is -2.09. The van der Waals surface area contributed by atoms with Crippen LogP contribution in [0.5, 0.6) is 0 Å². The Kier molecular flexibility index (Phi) is 7.88. The van der Waals surface area contributed by atoms with E-state index in [0.29, 0.717) is 18.8 Å². The van der Waals surface area contributed by atoms with E-state index in [4.69, 9.17) is 5.73 Å². The van der Waals surface area contributed by atoms with Gasteiger partial charge in [0.2, 0.25) is 0 Å². The number of aryl methyl sites for hydroxylation is 2. The van der Waals surface area contributed by atoms with Gasteiger partial charge < -0.3 is 16.0 Å². The fraction of sp³-hybridized carbons (Fsp3) is 0.208. The summed E-state index contributed by atoms with van der Waals surface area (Å²) >= 11 is 0. The van der Waals surface area contributed by atoms with Crippen LogP contribution in [0.3, 0.4) is 0 Å². The van der Waals surface area contributed by atoms with Crippen molar-refractivity contribution < 1.29 is 4.79 Å². The molecule has 0 saturated heterocycles. The van der Waals surface area contributed by atoms with Gasteiger partial charge in [-0.2, -0.15) is 0 Å². The molecule has 160 valence electrons. The minimum absolute atomic E-state index is 0.228. The van der Waals surface area contributed by atoms with E-state index in [1.165, 1.54) is 5.56 Å². The van der Waals surface area contributed by atoms with E-state index in [1.54, 1.807) is 12.3 Å². The van der Waals surface area contributed by atoms with Crippen LogP contribution >= 0.6 is 9.24 Å². The van der Waals surface area contributed by atoms with E-state index >= 15 is 0 Å². The molecular formula is C24H28N5OP. The van der Waals surface area contributed by atoms with Crippen LogP contribution in [0.1, 0.15) is 29.6 Å². The number of imidazole rings is 1. The van der Waals surface area contributed by atoms with Gasteiger partial charge in [-0.05, 0) is 41.9 Å². The van der Waals surface area contributed by atoms with Gasteiger partial charge in [-0.15, -0.1) is 9.24 Å². The molecule has 0 fully saturated rings. The van der Waals surface area contributed by atoms with Gasteiger partial charge >= 0.3 is 0 Å². The highest BCUT2D eigenvalue weighted by molar-refractivity contribution is 7.28. The average molecular weight is 433 g/mol. The molecule has 4 N–H and O–H groups in total. The van der Waals surface area contributed by atoms with E-state index in [-0.39, 0.29) is 5.91 Å². The molecule has 4 rings (SSSR count). The summed E-state index contributed by atoms with van der Waals surface area (Å²) in [7, 11) is 2.60. The summed E-state index contributed by atoms with van der Waals surface area (Å²) in [5.74, 6) is 0.610. The fourth-order valence-corrected chi connectivity index (χ4v) is 3.30. The molecule has 0 spiro atoms. The molecule has 0 aliphatic carbocycles. The maximum atomic E-state index is 12.4. The molecular weight excluding hydrogens is 405 g/mol. The monoisotopic (exact) mass is 433 g/mol. The van der Waals surface area contributed by atoms with Crippen LogP contribution in [0.25, 0.3) is 5.57 Å². The minimum atomic E-state index is -0.228. The van der Waals surface area contributed by atoms with Crippen LogP contribution in [0.2, 0.25) is 0 Å². The molecule has 6 nitrogen and oxygen atoms in total. The van der Waals surface area contributed by atoms with E-state index in [1.807, 2.05) is 31.2 Å². The quantitative estimate of drug-likeness (QED) is 0.538. The van der Waals surface area contributed by atoms with Crippen LogP contribution in [0.4, 0.5) is 5.69 Å². The number of benzene rings is 2. The maximum absolute atomic E-state index is 12.4. The Labute approximate surface area is 185 Å². The molecule has 0 saturated carbocycles. The van der Waals surface area contributed by atoms with Crippen LogP contribution < -0.4 is 16.4 Å². The number of carbonyl (C=O) groups is 1. The normalized spacial score (nSPS) is 12.5. The van der Waals surface area contributed by atoms with Crippen LogP contribution in [0.15, 0.2) is 65.8 Å². The highest BCUT2D eigenvalue weighted by atomic mass is 31.0. The third-order valence-electron chi connectivity index (χ3n) is 4.86. The number of amides is 1. The van der Waals surface area contributed by atoms with E-state index in [0.717, 1.165) is 40.1 Å². The second-order valence-corrected chi connectivity index (χ2v) is 7.79. The van der Waals surface area contributed by atoms with E-state index in [2.05, 4.69) is 60.7 Å². The first-order valence-corrected chi connectivity index (χ1v) is 10.8. The Morgan fingerprint density at radius 2 is 1.97 bits per heavy atom. The summed E-state index contributed by atoms with van der Waals surface area (Å²) in [4.78, 5) is 24.0. The van der Waals surface area contributed by atoms with E-state index < -0.39 is 0 Å². The number of aromatic nitrogens is 2. The zero-order valence-corrected chi connectivity index (χ0v) is 19.0. The number of nitrogens with zero attached hydrogens (tertiary/aromatic N) is 2. The van der Waals surface area contributed by atoms with Gasteiger partial charge in [-0.1, -0.05) is 49.4 Å². The second-order valence-electron chi connectivity index (χ2n) is 7.17. The van der Waals surface area contributed by atoms with Crippen molar-refractivity contribution in [3.05, 3.63) is 83.4 Å². The zero-order valence-electron chi connectivity index (χ0n) is 17.9. The van der Waals surface area contributed by atoms with Crippen molar-refractivity contribution in [3.8, 4) is 0 Å². The first-order chi connectivity index (χ1) is 15.0. The number of aromatic amines is 1. The third-order valence-corrected chi connectivity index (χ3v) is 5.37. The standard InChI is InChI=1S/C16H18N5OP.C8H10/c1-9-18-8-14(20-9)11-5-13(19-7-11)16(22)21-12-4-10(6-17)2-3-15(12)23;1-2-8-6-4-3-5-7-8/h2-5,8H,6-7,17,23H2,1H3,(H,18,20)(H,21,22);3-7H,2H2,1H3. The van der Waals surface area contributed by atoms with Crippen molar-refractivity contribution in [3.63, 3.8) is 0 Å². The number of anilines is 1. The van der Waals surface area contributed by atoms with Gasteiger partial charge in [0.25, 0.3) is 5.91 Å². The fourth-order valence-electron chi connectivity index (χ4n) is 3.05. The number of nitrogens with two attached hydrogens (primary N) is 1. The molecule has 0 radical (unpaired) electrons. The molecule has 7 heteroatoms. The SMILES string of the molecule is CCc1ccccc1.Cc1ncc(C2=CC(C(=O)Nc3cc(CN)ccc3P)=NC2)[nH]1. The zero-order chi connectivity index (χ0) is 22.2. The lowest BCUT2D eigenvalue weighted by Crippen LogP contribution is -2.23. The Hall–Kier alpha value is -3.08. The van der Waals surface area contributed by atoms with Gasteiger partial charge in [0.1, 0.15) is 11.5 Å². The van der Waals surface area contributed by atoms with E-state index in [9.17, 15) is 4.79 Å². The summed E-state index contributed by atoms with van der Waals surface area (Å²) in [6.45, 7) is 4.95. The topological polar surface area (TPSA) is 96.2 Å². The number of nitrogens with one attached hydrogen (secondary N) is 2. The summed E-state index contributed by atoms with van der Waals surface area (Å²) in [5.41, 5.74) is 11.0. The predicted molar refractivity (Wildman–Crippen MR) is 132 cm³/mol. The number of hydrogen-bond acceptors (Lipinski definition) is 4. The van der Waals surface area contributed by atoms with Crippen LogP contribution in [-0.4, -0.2) is 28.1 Å². The van der Waals surface area contributed by atoms with Crippen molar-refractivity contribution >= 4 is 37.4 Å². The van der Waals surface area contributed by atoms with Crippen molar-refractivity contribution in [2.24, 2.45) is 10.7 Å². The first-order valence-electron chi connectivity index (χ1n) is 10.2. The van der Waals surface area contributed by atoms with Gasteiger partial charge in [0.05, 0.1) is 18.4 Å². The molecule has 1 amide bonds. The summed E-state index contributed by atoms with van der Waals surface area (Å²) in [6, 6.07) is 16.2. The van der Waals surface area contributed by atoms with Crippen molar-refractivity contribution in [1.82, 2.24) is 9.97 Å². The van der Waals surface area contributed by atoms with Crippen molar-refractivity contribution in [2.45, 2.75) is 26.8 Å². The first kappa shape index (κ1) is 22.6. The molecule has 1 aliphatic heterocycles. The highest BCUT2D eigenvalue weighted by Gasteiger charge is 2.18. The molecule has 0 bridgehead atoms. The van der Waals surface area contributed by atoms with Crippen molar-refractivity contribution in [2.75, 3.05) is 11.9 Å². The number of aliphatic imine (C=N–C) groups is 1. The highest BCUT2D eigenvalue weighted by Crippen LogP contribution is 2.18. The lowest BCUT2D eigenvalue weighted by atomic mass is 10.1. The van der Waals surface area contributed by atoms with Gasteiger partial charge in [-0.25, -0.2) is 4.98 Å². The molecule has 1 unspecified atom stereocenters. The van der Waals surface area contributed by atoms with Crippen LogP contribution in [-0.2, 0) is 17.8 Å². The number of carbonyl (C=O) groups excluding carboxylic acids is 1. The van der Waals surface area contributed by atoms with Gasteiger partial charge in [0, 0.05) is 17.8 Å². The second kappa shape index (κ2) is 10.8. The molecule has 1 aliphatic rings. The molecule has 2 heterocycles. The maximum Gasteiger partial charge on any atom is 0.273 e. The Morgan fingerprint density at radius 3 is 2.58 bits per heavy atom. The summed E-state index contributed by atoms with van der Waals surface area (Å²) < 4.78 is 0. The van der Waals surface area contributed by atoms with Gasteiger partial charge in [0.15, 0.2) is 0 Å². The summed E-state index contributed by atoms with van der Waals surface area (Å²) in [6.07, 6.45) is 4.68. The number of H-pyrrole nitrogens is 1. The Balaban J connectivity index is 0.000000287. The predicted octanol–water partition coefficient (Wildman–Crippen LogP) is 3.40. The van der Waals surface area contributed by atoms with Gasteiger partial charge in [-0.3, -0.25) is 9.79 Å².